The number of ether oxygens (including phenoxy) is 1. The van der Waals surface area contributed by atoms with Crippen LogP contribution in [-0.4, -0.2) is 31.8 Å². The van der Waals surface area contributed by atoms with Crippen LogP contribution in [0.5, 0.6) is 0 Å². The molecule has 0 amide bonds. The number of benzene rings is 2. The van der Waals surface area contributed by atoms with E-state index in [2.05, 4.69) is 25.9 Å². The van der Waals surface area contributed by atoms with Gasteiger partial charge in [-0.05, 0) is 30.3 Å². The van der Waals surface area contributed by atoms with Crippen molar-refractivity contribution in [2.45, 2.75) is 0 Å². The number of anilines is 2. The number of carbonyl (C=O) groups is 1. The van der Waals surface area contributed by atoms with Gasteiger partial charge < -0.3 is 4.74 Å². The zero-order chi connectivity index (χ0) is 18.0. The van der Waals surface area contributed by atoms with Gasteiger partial charge in [0, 0.05) is 16.9 Å². The minimum atomic E-state index is -2.46. The molecule has 1 aromatic heterocycles. The molecule has 3 rings (SSSR count). The maximum absolute atomic E-state index is 12.1. The Morgan fingerprint density at radius 3 is 2.68 bits per heavy atom. The second-order valence-corrected chi connectivity index (χ2v) is 6.62. The number of methoxy groups -OCH3 is 1. The first kappa shape index (κ1) is 17.5. The smallest absolute Gasteiger partial charge is 0.340 e. The molecule has 0 spiro atoms. The van der Waals surface area contributed by atoms with Gasteiger partial charge in [-0.1, -0.05) is 22.0 Å². The first-order chi connectivity index (χ1) is 12.0. The highest BCUT2D eigenvalue weighted by molar-refractivity contribution is 9.10. The van der Waals surface area contributed by atoms with Crippen molar-refractivity contribution in [2.24, 2.45) is 0 Å². The third kappa shape index (κ3) is 3.39. The second kappa shape index (κ2) is 7.26. The Balaban J connectivity index is 2.29. The van der Waals surface area contributed by atoms with E-state index in [1.807, 2.05) is 0 Å². The number of nitrogens with zero attached hydrogens (tertiary/aromatic N) is 3. The molecule has 128 valence electrons. The molecule has 0 saturated carbocycles. The van der Waals surface area contributed by atoms with Crippen molar-refractivity contribution in [1.82, 2.24) is 9.97 Å². The summed E-state index contributed by atoms with van der Waals surface area (Å²) < 4.78 is 28.6. The Labute approximate surface area is 154 Å². The number of halogens is 1. The van der Waals surface area contributed by atoms with Crippen LogP contribution in [-0.2, 0) is 16.0 Å². The molecule has 0 aliphatic carbocycles. The zero-order valence-electron chi connectivity index (χ0n) is 12.9. The van der Waals surface area contributed by atoms with Gasteiger partial charge in [0.2, 0.25) is 0 Å². The molecular weight excluding hydrogens is 410 g/mol. The first-order valence-electron chi connectivity index (χ1n) is 7.01. The molecule has 1 N–H and O–H groups in total. The summed E-state index contributed by atoms with van der Waals surface area (Å²) in [7, 11) is 1.25. The molecule has 0 fully saturated rings. The fourth-order valence-electron chi connectivity index (χ4n) is 2.39. The normalized spacial score (nSPS) is 12.0. The summed E-state index contributed by atoms with van der Waals surface area (Å²) in [5.41, 5.74) is 1.69. The van der Waals surface area contributed by atoms with Gasteiger partial charge in [0.15, 0.2) is 0 Å². The van der Waals surface area contributed by atoms with Gasteiger partial charge in [0.05, 0.1) is 29.6 Å². The van der Waals surface area contributed by atoms with Crippen molar-refractivity contribution < 1.29 is 18.3 Å². The van der Waals surface area contributed by atoms with E-state index in [9.17, 15) is 13.6 Å². The number of rotatable bonds is 4. The van der Waals surface area contributed by atoms with Crippen LogP contribution in [0.4, 0.5) is 11.4 Å². The zero-order valence-corrected chi connectivity index (χ0v) is 15.3. The van der Waals surface area contributed by atoms with Gasteiger partial charge in [0.1, 0.15) is 5.52 Å². The monoisotopic (exact) mass is 421 g/mol. The highest BCUT2D eigenvalue weighted by Crippen LogP contribution is 2.35. The van der Waals surface area contributed by atoms with Gasteiger partial charge in [0.25, 0.3) is 11.3 Å². The predicted molar refractivity (Wildman–Crippen MR) is 97.9 cm³/mol. The third-order valence-corrected chi connectivity index (χ3v) is 4.64. The van der Waals surface area contributed by atoms with E-state index in [0.29, 0.717) is 21.2 Å². The van der Waals surface area contributed by atoms with E-state index in [1.165, 1.54) is 25.6 Å². The van der Waals surface area contributed by atoms with E-state index < -0.39 is 17.2 Å². The lowest BCUT2D eigenvalue weighted by molar-refractivity contribution is 0.0601. The molecule has 0 bridgehead atoms. The Bertz CT molecular complexity index is 977. The Hall–Kier alpha value is -2.36. The molecule has 1 unspecified atom stereocenters. The average Bonchev–Trinajstić information content (AvgIpc) is 2.61. The Morgan fingerprint density at radius 1 is 1.20 bits per heavy atom. The minimum absolute atomic E-state index is 0.147. The van der Waals surface area contributed by atoms with Crippen LogP contribution in [0.3, 0.4) is 0 Å². The second-order valence-electron chi connectivity index (χ2n) is 4.88. The molecule has 9 heteroatoms. The van der Waals surface area contributed by atoms with Crippen molar-refractivity contribution in [1.29, 1.82) is 0 Å². The van der Waals surface area contributed by atoms with Gasteiger partial charge >= 0.3 is 5.97 Å². The van der Waals surface area contributed by atoms with Crippen molar-refractivity contribution in [3.8, 4) is 0 Å². The molecule has 0 saturated heterocycles. The number of esters is 1. The molecule has 25 heavy (non-hydrogen) atoms. The van der Waals surface area contributed by atoms with Gasteiger partial charge in [-0.2, -0.15) is 0 Å². The number of carbonyl (C=O) groups excluding carboxylic acids is 1. The predicted octanol–water partition coefficient (Wildman–Crippen LogP) is 3.45. The van der Waals surface area contributed by atoms with Crippen LogP contribution in [0.15, 0.2) is 53.3 Å². The summed E-state index contributed by atoms with van der Waals surface area (Å²) in [5.74, 6) is -0.621. The van der Waals surface area contributed by atoms with Crippen LogP contribution in [0.1, 0.15) is 10.4 Å². The highest BCUT2D eigenvalue weighted by Gasteiger charge is 2.25. The largest absolute Gasteiger partial charge is 0.465 e. The van der Waals surface area contributed by atoms with Crippen LogP contribution < -0.4 is 4.31 Å². The fourth-order valence-corrected chi connectivity index (χ4v) is 3.38. The Morgan fingerprint density at radius 2 is 1.96 bits per heavy atom. The van der Waals surface area contributed by atoms with Crippen LogP contribution >= 0.6 is 15.9 Å². The van der Waals surface area contributed by atoms with Gasteiger partial charge in [-0.25, -0.2) is 13.3 Å². The molecule has 0 aliphatic rings. The van der Waals surface area contributed by atoms with E-state index in [-0.39, 0.29) is 11.3 Å². The van der Waals surface area contributed by atoms with E-state index in [0.717, 1.165) is 4.31 Å². The van der Waals surface area contributed by atoms with Crippen molar-refractivity contribution in [2.75, 3.05) is 11.4 Å². The first-order valence-corrected chi connectivity index (χ1v) is 8.87. The molecule has 3 aromatic rings. The van der Waals surface area contributed by atoms with Crippen molar-refractivity contribution in [3.63, 3.8) is 0 Å². The molecular formula is C16H12BrN3O4S. The number of fused-ring (bicyclic) bond motifs is 1. The fraction of sp³-hybridized carbons (Fsp3) is 0.0625. The molecule has 0 aliphatic heterocycles. The number of aromatic nitrogens is 2. The maximum atomic E-state index is 12.1. The number of para-hydroxylation sites is 1. The average molecular weight is 422 g/mol. The molecule has 7 nitrogen and oxygen atoms in total. The lowest BCUT2D eigenvalue weighted by Gasteiger charge is -2.23. The van der Waals surface area contributed by atoms with Crippen molar-refractivity contribution in [3.05, 3.63) is 58.8 Å². The van der Waals surface area contributed by atoms with E-state index in [1.54, 1.807) is 30.3 Å². The molecule has 2 aromatic carbocycles. The molecule has 1 heterocycles. The number of hydrogen-bond acceptors (Lipinski definition) is 5. The van der Waals surface area contributed by atoms with E-state index in [4.69, 9.17) is 4.74 Å². The van der Waals surface area contributed by atoms with Crippen LogP contribution in [0.25, 0.3) is 11.0 Å². The van der Waals surface area contributed by atoms with Gasteiger partial charge in [-0.15, -0.1) is 0 Å². The summed E-state index contributed by atoms with van der Waals surface area (Å²) in [5, 5.41) is 0. The summed E-state index contributed by atoms with van der Waals surface area (Å²) in [6, 6.07) is 9.80. The lowest BCUT2D eigenvalue weighted by atomic mass is 10.1. The standard InChI is InChI=1S/C16H12BrN3O4S/c1-24-16(21)11-6-5-10(17)9-14(11)20(25(22)23)13-4-2-3-12-15(13)19-8-7-18-12/h2-9H,1H3,(H,22,23). The molecule has 1 atom stereocenters. The minimum Gasteiger partial charge on any atom is -0.465 e. The van der Waals surface area contributed by atoms with Crippen LogP contribution in [0.2, 0.25) is 0 Å². The SMILES string of the molecule is COC(=O)c1ccc(Br)cc1N(c1cccc2nccnc12)S(=O)O. The number of hydrogen-bond donors (Lipinski definition) is 1. The topological polar surface area (TPSA) is 92.6 Å². The highest BCUT2D eigenvalue weighted by atomic mass is 79.9. The van der Waals surface area contributed by atoms with Gasteiger partial charge in [-0.3, -0.25) is 14.5 Å². The Kier molecular flexibility index (Phi) is 5.07. The third-order valence-electron chi connectivity index (χ3n) is 3.44. The summed E-state index contributed by atoms with van der Waals surface area (Å²) in [6.07, 6.45) is 3.03. The maximum Gasteiger partial charge on any atom is 0.340 e. The molecule has 0 radical (unpaired) electrons. The quantitative estimate of drug-likeness (QED) is 0.512. The lowest BCUT2D eigenvalue weighted by Crippen LogP contribution is -2.22. The summed E-state index contributed by atoms with van der Waals surface area (Å²) in [6.45, 7) is 0. The summed E-state index contributed by atoms with van der Waals surface area (Å²) >= 11 is 0.858. The van der Waals surface area contributed by atoms with E-state index >= 15 is 0 Å². The summed E-state index contributed by atoms with van der Waals surface area (Å²) in [4.78, 5) is 20.5. The van der Waals surface area contributed by atoms with Crippen LogP contribution in [0, 0.1) is 0 Å². The van der Waals surface area contributed by atoms with Crippen molar-refractivity contribution >= 4 is 55.6 Å².